The lowest BCUT2D eigenvalue weighted by molar-refractivity contribution is 0.0710. The Morgan fingerprint density at radius 1 is 1.12 bits per heavy atom. The third-order valence-electron chi connectivity index (χ3n) is 2.18. The van der Waals surface area contributed by atoms with Gasteiger partial charge in [0, 0.05) is 7.05 Å². The van der Waals surface area contributed by atoms with Gasteiger partial charge in [0.1, 0.15) is 5.65 Å². The van der Waals surface area contributed by atoms with Gasteiger partial charge in [-0.15, -0.1) is 0 Å². The predicted octanol–water partition coefficient (Wildman–Crippen LogP) is -0.888. The predicted molar refractivity (Wildman–Crippen MR) is 49.7 cm³/mol. The molecular formula is C7H6F2N4O3. The summed E-state index contributed by atoms with van der Waals surface area (Å²) in [6.07, 6.45) is 0. The van der Waals surface area contributed by atoms with Crippen molar-refractivity contribution in [1.82, 2.24) is 19.1 Å². The number of aryl methyl sites for hydroxylation is 1. The third kappa shape index (κ3) is 1.21. The largest absolute Gasteiger partial charge is 0.332 e. The molecular weight excluding hydrogens is 226 g/mol. The summed E-state index contributed by atoms with van der Waals surface area (Å²) in [6, 6.07) is 0. The van der Waals surface area contributed by atoms with Gasteiger partial charge in [-0.25, -0.2) is 14.2 Å². The van der Waals surface area contributed by atoms with Crippen LogP contribution >= 0.6 is 0 Å². The summed E-state index contributed by atoms with van der Waals surface area (Å²) in [7, 11) is 1.24. The van der Waals surface area contributed by atoms with E-state index < -0.39 is 29.0 Å². The molecule has 0 aromatic carbocycles. The zero-order valence-electron chi connectivity index (χ0n) is 7.95. The van der Waals surface area contributed by atoms with Gasteiger partial charge in [0.05, 0.1) is 0 Å². The Bertz CT molecular complexity index is 720. The van der Waals surface area contributed by atoms with Crippen molar-refractivity contribution < 1.29 is 8.78 Å². The molecule has 0 bridgehead atoms. The van der Waals surface area contributed by atoms with Crippen molar-refractivity contribution in [2.45, 2.75) is 6.55 Å². The van der Waals surface area contributed by atoms with Crippen LogP contribution in [0.5, 0.6) is 0 Å². The molecule has 2 heterocycles. The van der Waals surface area contributed by atoms with Crippen molar-refractivity contribution in [3.63, 3.8) is 0 Å². The molecule has 0 unspecified atom stereocenters. The first-order valence-electron chi connectivity index (χ1n) is 4.15. The number of fused-ring (bicyclic) bond motifs is 1. The highest BCUT2D eigenvalue weighted by molar-refractivity contribution is 5.69. The Hall–Kier alpha value is -2.19. The van der Waals surface area contributed by atoms with E-state index in [9.17, 15) is 23.2 Å². The van der Waals surface area contributed by atoms with Crippen LogP contribution in [0.15, 0.2) is 14.4 Å². The number of imidazole rings is 1. The minimum absolute atomic E-state index is 0.00634. The van der Waals surface area contributed by atoms with Gasteiger partial charge in [0.15, 0.2) is 5.52 Å². The molecule has 0 aliphatic heterocycles. The van der Waals surface area contributed by atoms with E-state index in [-0.39, 0.29) is 10.2 Å². The van der Waals surface area contributed by atoms with Crippen molar-refractivity contribution in [2.24, 2.45) is 7.05 Å². The number of rotatable bonds is 1. The quantitative estimate of drug-likeness (QED) is 0.668. The molecule has 2 N–H and O–H groups in total. The summed E-state index contributed by atoms with van der Waals surface area (Å²) in [5.41, 5.74) is -3.75. The summed E-state index contributed by atoms with van der Waals surface area (Å²) in [4.78, 5) is 37.5. The standard InChI is InChI=1S/C7H6F2N4O3/c1-12-3-2(4(14)11-6(12)15)13(5(8)9)7(16)10-3/h5H,1H3,(H,10,16)(H,11,14,15). The Morgan fingerprint density at radius 2 is 1.75 bits per heavy atom. The number of nitrogens with zero attached hydrogens (tertiary/aromatic N) is 2. The topological polar surface area (TPSA) is 92.7 Å². The molecule has 0 saturated heterocycles. The molecule has 2 rings (SSSR count). The fourth-order valence-corrected chi connectivity index (χ4v) is 1.42. The minimum Gasteiger partial charge on any atom is -0.291 e. The summed E-state index contributed by atoms with van der Waals surface area (Å²) in [6.45, 7) is -3.15. The second-order valence-electron chi connectivity index (χ2n) is 3.09. The van der Waals surface area contributed by atoms with Crippen molar-refractivity contribution in [2.75, 3.05) is 0 Å². The lowest BCUT2D eigenvalue weighted by atomic mass is 10.5. The van der Waals surface area contributed by atoms with Crippen LogP contribution in [0.3, 0.4) is 0 Å². The van der Waals surface area contributed by atoms with Crippen LogP contribution in [0.4, 0.5) is 8.78 Å². The number of alkyl halides is 2. The van der Waals surface area contributed by atoms with Gasteiger partial charge in [-0.3, -0.25) is 19.3 Å². The maximum absolute atomic E-state index is 12.5. The summed E-state index contributed by atoms with van der Waals surface area (Å²) in [5.74, 6) is 0. The molecule has 0 saturated carbocycles. The first kappa shape index (κ1) is 10.3. The molecule has 0 atom stereocenters. The molecule has 0 spiro atoms. The van der Waals surface area contributed by atoms with E-state index in [0.717, 1.165) is 4.57 Å². The molecule has 16 heavy (non-hydrogen) atoms. The summed E-state index contributed by atoms with van der Waals surface area (Å²) < 4.78 is 25.9. The highest BCUT2D eigenvalue weighted by atomic mass is 19.3. The minimum atomic E-state index is -3.15. The zero-order chi connectivity index (χ0) is 12.0. The Morgan fingerprint density at radius 3 is 2.31 bits per heavy atom. The van der Waals surface area contributed by atoms with Crippen LogP contribution in [0.25, 0.3) is 11.2 Å². The molecule has 2 aromatic rings. The van der Waals surface area contributed by atoms with Crippen LogP contribution < -0.4 is 16.9 Å². The number of hydrogen-bond acceptors (Lipinski definition) is 3. The van der Waals surface area contributed by atoms with E-state index in [1.54, 1.807) is 0 Å². The van der Waals surface area contributed by atoms with E-state index in [2.05, 4.69) is 0 Å². The van der Waals surface area contributed by atoms with E-state index in [1.807, 2.05) is 9.97 Å². The van der Waals surface area contributed by atoms with Gasteiger partial charge in [0.25, 0.3) is 5.56 Å². The van der Waals surface area contributed by atoms with Gasteiger partial charge >= 0.3 is 17.9 Å². The lowest BCUT2D eigenvalue weighted by Crippen LogP contribution is -2.29. The van der Waals surface area contributed by atoms with Crippen LogP contribution in [0.2, 0.25) is 0 Å². The van der Waals surface area contributed by atoms with Gasteiger partial charge in [-0.05, 0) is 0 Å². The SMILES string of the molecule is Cn1c(=O)[nH]c(=O)c2c1[nH]c(=O)n2C(F)F. The monoisotopic (exact) mass is 232 g/mol. The van der Waals surface area contributed by atoms with Gasteiger partial charge in [-0.1, -0.05) is 0 Å². The van der Waals surface area contributed by atoms with Crippen molar-refractivity contribution in [3.8, 4) is 0 Å². The maximum atomic E-state index is 12.5. The van der Waals surface area contributed by atoms with Crippen molar-refractivity contribution in [3.05, 3.63) is 31.3 Å². The van der Waals surface area contributed by atoms with Crippen molar-refractivity contribution in [1.29, 1.82) is 0 Å². The number of nitrogens with one attached hydrogen (secondary N) is 2. The first-order valence-corrected chi connectivity index (χ1v) is 4.15. The number of halogens is 2. The van der Waals surface area contributed by atoms with E-state index in [1.165, 1.54) is 7.05 Å². The second kappa shape index (κ2) is 3.15. The van der Waals surface area contributed by atoms with Gasteiger partial charge in [0.2, 0.25) is 0 Å². The van der Waals surface area contributed by atoms with Gasteiger partial charge in [-0.2, -0.15) is 8.78 Å². The zero-order valence-corrected chi connectivity index (χ0v) is 7.95. The fourth-order valence-electron chi connectivity index (χ4n) is 1.42. The molecule has 9 heteroatoms. The smallest absolute Gasteiger partial charge is 0.291 e. The van der Waals surface area contributed by atoms with Gasteiger partial charge < -0.3 is 0 Å². The van der Waals surface area contributed by atoms with Crippen LogP contribution in [-0.4, -0.2) is 19.1 Å². The molecule has 0 radical (unpaired) electrons. The van der Waals surface area contributed by atoms with Crippen molar-refractivity contribution >= 4 is 11.2 Å². The highest BCUT2D eigenvalue weighted by Gasteiger charge is 2.19. The van der Waals surface area contributed by atoms with Crippen LogP contribution in [0.1, 0.15) is 6.55 Å². The second-order valence-corrected chi connectivity index (χ2v) is 3.09. The average molecular weight is 232 g/mol. The third-order valence-corrected chi connectivity index (χ3v) is 2.18. The molecule has 0 amide bonds. The van der Waals surface area contributed by atoms with Crippen LogP contribution in [0, 0.1) is 0 Å². The van der Waals surface area contributed by atoms with E-state index >= 15 is 0 Å². The fraction of sp³-hybridized carbons (Fsp3) is 0.286. The van der Waals surface area contributed by atoms with E-state index in [4.69, 9.17) is 0 Å². The highest BCUT2D eigenvalue weighted by Crippen LogP contribution is 2.11. The Labute approximate surface area is 84.9 Å². The Kier molecular flexibility index (Phi) is 2.04. The molecule has 2 aromatic heterocycles. The molecule has 0 aliphatic carbocycles. The summed E-state index contributed by atoms with van der Waals surface area (Å²) in [5, 5.41) is 0. The molecule has 0 fully saturated rings. The average Bonchev–Trinajstić information content (AvgIpc) is 2.52. The molecule has 86 valence electrons. The summed E-state index contributed by atoms with van der Waals surface area (Å²) >= 11 is 0. The maximum Gasteiger partial charge on any atom is 0.332 e. The van der Waals surface area contributed by atoms with Crippen LogP contribution in [-0.2, 0) is 7.05 Å². The molecule has 0 aliphatic rings. The number of H-pyrrole nitrogens is 2. The normalized spacial score (nSPS) is 11.5. The number of aromatic amines is 2. The van der Waals surface area contributed by atoms with E-state index in [0.29, 0.717) is 0 Å². The first-order chi connectivity index (χ1) is 7.43. The Balaban J connectivity index is 3.14. The molecule has 7 nitrogen and oxygen atoms in total. The number of hydrogen-bond donors (Lipinski definition) is 2. The number of aromatic nitrogens is 4. The lowest BCUT2D eigenvalue weighted by Gasteiger charge is -2.00.